The van der Waals surface area contributed by atoms with Crippen LogP contribution in [0.25, 0.3) is 6.08 Å². The topological polar surface area (TPSA) is 97.6 Å². The first kappa shape index (κ1) is 18.8. The van der Waals surface area contributed by atoms with Crippen molar-refractivity contribution < 1.29 is 14.5 Å². The zero-order valence-electron chi connectivity index (χ0n) is 14.3. The van der Waals surface area contributed by atoms with Crippen molar-refractivity contribution in [2.75, 3.05) is 36.5 Å². The molecule has 0 bridgehead atoms. The number of hydrogen-bond donors (Lipinski definition) is 1. The highest BCUT2D eigenvalue weighted by Crippen LogP contribution is 2.26. The van der Waals surface area contributed by atoms with E-state index in [9.17, 15) is 14.9 Å². The minimum absolute atomic E-state index is 0.0483. The number of nitro benzene ring substituents is 1. The molecule has 3 rings (SSSR count). The number of nitrogens with zero attached hydrogens (tertiary/aromatic N) is 3. The van der Waals surface area contributed by atoms with Crippen LogP contribution in [0, 0.1) is 10.1 Å². The van der Waals surface area contributed by atoms with Gasteiger partial charge in [0.2, 0.25) is 5.91 Å². The Hall–Kier alpha value is -2.97. The summed E-state index contributed by atoms with van der Waals surface area (Å²) in [5.41, 5.74) is 0.887. The van der Waals surface area contributed by atoms with Crippen LogP contribution in [0.5, 0.6) is 0 Å². The van der Waals surface area contributed by atoms with Crippen molar-refractivity contribution in [3.63, 3.8) is 0 Å². The lowest BCUT2D eigenvalue weighted by Crippen LogP contribution is -2.37. The summed E-state index contributed by atoms with van der Waals surface area (Å²) < 4.78 is 5.34. The summed E-state index contributed by atoms with van der Waals surface area (Å²) in [6.07, 6.45) is 4.47. The van der Waals surface area contributed by atoms with Gasteiger partial charge in [0.1, 0.15) is 5.02 Å². The molecule has 27 heavy (non-hydrogen) atoms. The molecular formula is C18H17ClN4O4. The van der Waals surface area contributed by atoms with Crippen LogP contribution in [0.1, 0.15) is 5.56 Å². The number of nitro groups is 1. The summed E-state index contributed by atoms with van der Waals surface area (Å²) in [5.74, 6) is 0.319. The maximum absolute atomic E-state index is 12.3. The number of nitrogens with one attached hydrogen (secondary N) is 1. The Balaban J connectivity index is 1.72. The monoisotopic (exact) mass is 388 g/mol. The van der Waals surface area contributed by atoms with Gasteiger partial charge in [-0.15, -0.1) is 0 Å². The van der Waals surface area contributed by atoms with Crippen LogP contribution in [0.15, 0.2) is 42.6 Å². The Bertz CT molecular complexity index is 881. The van der Waals surface area contributed by atoms with Crippen molar-refractivity contribution >= 4 is 40.8 Å². The van der Waals surface area contributed by atoms with Crippen LogP contribution in [-0.4, -0.2) is 42.1 Å². The molecule has 0 aliphatic carbocycles. The number of hydrogen-bond acceptors (Lipinski definition) is 6. The summed E-state index contributed by atoms with van der Waals surface area (Å²) in [6.45, 7) is 2.62. The van der Waals surface area contributed by atoms with Gasteiger partial charge in [-0.3, -0.25) is 14.9 Å². The van der Waals surface area contributed by atoms with Crippen molar-refractivity contribution in [3.05, 3.63) is 63.3 Å². The van der Waals surface area contributed by atoms with E-state index >= 15 is 0 Å². The van der Waals surface area contributed by atoms with Gasteiger partial charge < -0.3 is 15.0 Å². The molecule has 1 amide bonds. The number of benzene rings is 1. The van der Waals surface area contributed by atoms with E-state index in [4.69, 9.17) is 16.3 Å². The number of pyridine rings is 1. The van der Waals surface area contributed by atoms with Gasteiger partial charge in [0.15, 0.2) is 5.82 Å². The van der Waals surface area contributed by atoms with E-state index in [1.165, 1.54) is 24.3 Å². The number of amides is 1. The average molecular weight is 389 g/mol. The molecule has 1 aromatic heterocycles. The third-order valence-electron chi connectivity index (χ3n) is 3.95. The molecule has 1 aliphatic heterocycles. The molecule has 0 radical (unpaired) electrons. The maximum atomic E-state index is 12.3. The molecule has 2 aromatic rings. The molecule has 0 unspecified atom stereocenters. The van der Waals surface area contributed by atoms with Crippen LogP contribution >= 0.6 is 11.6 Å². The van der Waals surface area contributed by atoms with Crippen LogP contribution in [0.4, 0.5) is 17.2 Å². The lowest BCUT2D eigenvalue weighted by atomic mass is 10.2. The molecule has 8 nitrogen and oxygen atoms in total. The number of rotatable bonds is 5. The molecule has 1 fully saturated rings. The first-order chi connectivity index (χ1) is 13.0. The van der Waals surface area contributed by atoms with Gasteiger partial charge in [-0.05, 0) is 29.8 Å². The minimum Gasteiger partial charge on any atom is -0.378 e. The molecule has 140 valence electrons. The van der Waals surface area contributed by atoms with Crippen molar-refractivity contribution in [3.8, 4) is 0 Å². The van der Waals surface area contributed by atoms with Gasteiger partial charge in [0, 0.05) is 31.4 Å². The molecule has 0 atom stereocenters. The first-order valence-electron chi connectivity index (χ1n) is 8.25. The fraction of sp³-hybridized carbons (Fsp3) is 0.222. The number of anilines is 2. The second kappa shape index (κ2) is 8.61. The zero-order chi connectivity index (χ0) is 19.2. The molecule has 0 spiro atoms. The van der Waals surface area contributed by atoms with Gasteiger partial charge in [-0.1, -0.05) is 17.7 Å². The smallest absolute Gasteiger partial charge is 0.288 e. The lowest BCUT2D eigenvalue weighted by molar-refractivity contribution is -0.384. The summed E-state index contributed by atoms with van der Waals surface area (Å²) >= 11 is 5.79. The normalized spacial score (nSPS) is 14.3. The number of carbonyl (C=O) groups excluding carboxylic acids is 1. The SMILES string of the molecule is O=C(/C=C/c1ccc(Cl)c([N+](=O)[O-])c1)Nc1cccnc1N1CCOCC1. The van der Waals surface area contributed by atoms with E-state index < -0.39 is 4.92 Å². The summed E-state index contributed by atoms with van der Waals surface area (Å²) in [6, 6.07) is 7.86. The van der Waals surface area contributed by atoms with Gasteiger partial charge in [-0.2, -0.15) is 0 Å². The van der Waals surface area contributed by atoms with Gasteiger partial charge in [-0.25, -0.2) is 4.98 Å². The summed E-state index contributed by atoms with van der Waals surface area (Å²) in [5, 5.41) is 13.8. The standard InChI is InChI=1S/C18H17ClN4O4/c19-14-5-3-13(12-16(14)23(25)26)4-6-17(24)21-15-2-1-7-20-18(15)22-8-10-27-11-9-22/h1-7,12H,8-11H2,(H,21,24)/b6-4+. The molecule has 2 heterocycles. The van der Waals surface area contributed by atoms with E-state index in [-0.39, 0.29) is 16.6 Å². The molecule has 1 aliphatic rings. The number of halogens is 1. The Morgan fingerprint density at radius 2 is 2.11 bits per heavy atom. The van der Waals surface area contributed by atoms with Gasteiger partial charge in [0.25, 0.3) is 5.69 Å². The van der Waals surface area contributed by atoms with Crippen molar-refractivity contribution in [2.24, 2.45) is 0 Å². The highest BCUT2D eigenvalue weighted by Gasteiger charge is 2.16. The van der Waals surface area contributed by atoms with Crippen LogP contribution in [-0.2, 0) is 9.53 Å². The first-order valence-corrected chi connectivity index (χ1v) is 8.63. The maximum Gasteiger partial charge on any atom is 0.288 e. The molecule has 1 aromatic carbocycles. The third kappa shape index (κ3) is 4.81. The Morgan fingerprint density at radius 1 is 1.33 bits per heavy atom. The highest BCUT2D eigenvalue weighted by atomic mass is 35.5. The molecule has 1 N–H and O–H groups in total. The highest BCUT2D eigenvalue weighted by molar-refractivity contribution is 6.32. The predicted molar refractivity (Wildman–Crippen MR) is 103 cm³/mol. The summed E-state index contributed by atoms with van der Waals surface area (Å²) in [7, 11) is 0. The Kier molecular flexibility index (Phi) is 6.00. The second-order valence-electron chi connectivity index (χ2n) is 5.76. The van der Waals surface area contributed by atoms with Crippen molar-refractivity contribution in [1.29, 1.82) is 0 Å². The molecule has 1 saturated heterocycles. The fourth-order valence-electron chi connectivity index (χ4n) is 2.64. The number of aromatic nitrogens is 1. The van der Waals surface area contributed by atoms with Crippen LogP contribution in [0.2, 0.25) is 5.02 Å². The Morgan fingerprint density at radius 3 is 2.85 bits per heavy atom. The average Bonchev–Trinajstić information content (AvgIpc) is 2.68. The quantitative estimate of drug-likeness (QED) is 0.480. The van der Waals surface area contributed by atoms with Crippen molar-refractivity contribution in [1.82, 2.24) is 4.98 Å². The second-order valence-corrected chi connectivity index (χ2v) is 6.17. The van der Waals surface area contributed by atoms with Gasteiger partial charge >= 0.3 is 0 Å². The predicted octanol–water partition coefficient (Wildman–Crippen LogP) is 3.13. The van der Waals surface area contributed by atoms with E-state index in [0.717, 1.165) is 0 Å². The number of ether oxygens (including phenoxy) is 1. The third-order valence-corrected chi connectivity index (χ3v) is 4.27. The summed E-state index contributed by atoms with van der Waals surface area (Å²) in [4.78, 5) is 29.1. The molecule has 9 heteroatoms. The Labute approximate surface area is 160 Å². The lowest BCUT2D eigenvalue weighted by Gasteiger charge is -2.29. The van der Waals surface area contributed by atoms with E-state index in [0.29, 0.717) is 43.4 Å². The van der Waals surface area contributed by atoms with E-state index in [1.807, 2.05) is 4.90 Å². The zero-order valence-corrected chi connectivity index (χ0v) is 15.1. The van der Waals surface area contributed by atoms with Crippen LogP contribution < -0.4 is 10.2 Å². The molecular weight excluding hydrogens is 372 g/mol. The van der Waals surface area contributed by atoms with Gasteiger partial charge in [0.05, 0.1) is 23.8 Å². The number of carbonyl (C=O) groups is 1. The number of morpholine rings is 1. The van der Waals surface area contributed by atoms with E-state index in [1.54, 1.807) is 24.4 Å². The minimum atomic E-state index is -0.565. The molecule has 0 saturated carbocycles. The fourth-order valence-corrected chi connectivity index (χ4v) is 2.83. The van der Waals surface area contributed by atoms with E-state index in [2.05, 4.69) is 10.3 Å². The van der Waals surface area contributed by atoms with Crippen molar-refractivity contribution in [2.45, 2.75) is 0 Å². The largest absolute Gasteiger partial charge is 0.378 e. The van der Waals surface area contributed by atoms with Crippen LogP contribution in [0.3, 0.4) is 0 Å².